The maximum absolute atomic E-state index is 12.3. The standard InChI is InChI=1S/C15H13ClO4S/c16-8-9-21(19,20)12-6-7-14(17)13(10-12)15(18)11-4-2-1-3-5-11/h1-7,10,17H,8-9H2. The van der Waals surface area contributed by atoms with Crippen molar-refractivity contribution in [2.75, 3.05) is 11.6 Å². The van der Waals surface area contributed by atoms with Crippen molar-refractivity contribution in [3.63, 3.8) is 0 Å². The van der Waals surface area contributed by atoms with E-state index >= 15 is 0 Å². The number of ketones is 1. The minimum atomic E-state index is -3.56. The number of hydrogen-bond donors (Lipinski definition) is 1. The Morgan fingerprint density at radius 2 is 1.76 bits per heavy atom. The Bertz CT molecular complexity index is 754. The Labute approximate surface area is 127 Å². The minimum absolute atomic E-state index is 0.0276. The van der Waals surface area contributed by atoms with E-state index in [9.17, 15) is 18.3 Å². The van der Waals surface area contributed by atoms with Crippen LogP contribution in [0.15, 0.2) is 53.4 Å². The number of benzene rings is 2. The van der Waals surface area contributed by atoms with E-state index in [0.29, 0.717) is 5.56 Å². The van der Waals surface area contributed by atoms with E-state index in [4.69, 9.17) is 11.6 Å². The largest absolute Gasteiger partial charge is 0.507 e. The fraction of sp³-hybridized carbons (Fsp3) is 0.133. The molecule has 1 N–H and O–H groups in total. The van der Waals surface area contributed by atoms with Crippen molar-refractivity contribution in [1.29, 1.82) is 0 Å². The highest BCUT2D eigenvalue weighted by atomic mass is 35.5. The quantitative estimate of drug-likeness (QED) is 0.678. The number of alkyl halides is 1. The molecule has 4 nitrogen and oxygen atoms in total. The molecule has 0 unspecified atom stereocenters. The molecule has 0 aliphatic rings. The Kier molecular flexibility index (Phi) is 4.65. The number of phenols is 1. The third-order valence-electron chi connectivity index (χ3n) is 2.95. The number of aromatic hydroxyl groups is 1. The van der Waals surface area contributed by atoms with E-state index in [1.807, 2.05) is 0 Å². The molecule has 110 valence electrons. The van der Waals surface area contributed by atoms with Crippen LogP contribution in [0.25, 0.3) is 0 Å². The summed E-state index contributed by atoms with van der Waals surface area (Å²) in [5.74, 6) is -0.951. The molecule has 0 saturated carbocycles. The van der Waals surface area contributed by atoms with E-state index < -0.39 is 15.6 Å². The van der Waals surface area contributed by atoms with Crippen molar-refractivity contribution in [3.8, 4) is 5.75 Å². The number of hydrogen-bond acceptors (Lipinski definition) is 4. The first-order valence-corrected chi connectivity index (χ1v) is 8.36. The van der Waals surface area contributed by atoms with Crippen LogP contribution in [-0.2, 0) is 9.84 Å². The van der Waals surface area contributed by atoms with Crippen molar-refractivity contribution >= 4 is 27.2 Å². The molecule has 0 radical (unpaired) electrons. The first-order valence-electron chi connectivity index (χ1n) is 6.17. The molecular weight excluding hydrogens is 312 g/mol. The molecule has 2 aromatic rings. The van der Waals surface area contributed by atoms with Gasteiger partial charge in [0.1, 0.15) is 5.75 Å². The average Bonchev–Trinajstić information content (AvgIpc) is 2.47. The molecule has 0 aliphatic heterocycles. The summed E-state index contributed by atoms with van der Waals surface area (Å²) in [6.07, 6.45) is 0. The van der Waals surface area contributed by atoms with Crippen LogP contribution in [0, 0.1) is 0 Å². The normalized spacial score (nSPS) is 11.3. The maximum Gasteiger partial charge on any atom is 0.196 e. The third kappa shape index (κ3) is 3.43. The second-order valence-corrected chi connectivity index (χ2v) is 6.87. The Morgan fingerprint density at radius 3 is 2.38 bits per heavy atom. The lowest BCUT2D eigenvalue weighted by molar-refractivity contribution is 0.103. The van der Waals surface area contributed by atoms with Gasteiger partial charge in [-0.05, 0) is 18.2 Å². The van der Waals surface area contributed by atoms with Crippen molar-refractivity contribution in [1.82, 2.24) is 0 Å². The Balaban J connectivity index is 2.48. The first-order chi connectivity index (χ1) is 9.95. The summed E-state index contributed by atoms with van der Waals surface area (Å²) in [6, 6.07) is 12.0. The van der Waals surface area contributed by atoms with E-state index in [1.165, 1.54) is 18.2 Å². The summed E-state index contributed by atoms with van der Waals surface area (Å²) >= 11 is 5.47. The molecule has 0 atom stereocenters. The molecule has 0 aromatic heterocycles. The lowest BCUT2D eigenvalue weighted by Gasteiger charge is -2.07. The molecule has 6 heteroatoms. The highest BCUT2D eigenvalue weighted by Gasteiger charge is 2.19. The number of sulfone groups is 1. The molecule has 2 aromatic carbocycles. The lowest BCUT2D eigenvalue weighted by atomic mass is 10.0. The van der Waals surface area contributed by atoms with E-state index in [1.54, 1.807) is 30.3 Å². The number of phenolic OH excluding ortho intramolecular Hbond substituents is 1. The number of carbonyl (C=O) groups is 1. The maximum atomic E-state index is 12.3. The van der Waals surface area contributed by atoms with Gasteiger partial charge in [0.2, 0.25) is 0 Å². The number of rotatable bonds is 5. The summed E-state index contributed by atoms with van der Waals surface area (Å²) in [5, 5.41) is 9.82. The van der Waals surface area contributed by atoms with Crippen LogP contribution in [-0.4, -0.2) is 30.9 Å². The summed E-state index contributed by atoms with van der Waals surface area (Å²) < 4.78 is 24.0. The van der Waals surface area contributed by atoms with Crippen molar-refractivity contribution in [2.45, 2.75) is 4.90 Å². The van der Waals surface area contributed by atoms with E-state index in [2.05, 4.69) is 0 Å². The molecule has 2 rings (SSSR count). The van der Waals surface area contributed by atoms with Gasteiger partial charge in [0.05, 0.1) is 16.2 Å². The van der Waals surface area contributed by atoms with Crippen LogP contribution < -0.4 is 0 Å². The highest BCUT2D eigenvalue weighted by Crippen LogP contribution is 2.24. The Hall–Kier alpha value is -1.85. The lowest BCUT2D eigenvalue weighted by Crippen LogP contribution is -2.10. The topological polar surface area (TPSA) is 71.4 Å². The van der Waals surface area contributed by atoms with E-state index in [-0.39, 0.29) is 27.8 Å². The van der Waals surface area contributed by atoms with Gasteiger partial charge < -0.3 is 5.11 Å². The molecule has 0 bridgehead atoms. The van der Waals surface area contributed by atoms with Crippen LogP contribution in [0.4, 0.5) is 0 Å². The van der Waals surface area contributed by atoms with Gasteiger partial charge in [-0.3, -0.25) is 4.79 Å². The van der Waals surface area contributed by atoms with Gasteiger partial charge in [0.15, 0.2) is 15.6 Å². The van der Waals surface area contributed by atoms with Crippen LogP contribution in [0.3, 0.4) is 0 Å². The molecule has 0 heterocycles. The van der Waals surface area contributed by atoms with Gasteiger partial charge in [0.25, 0.3) is 0 Å². The predicted molar refractivity (Wildman–Crippen MR) is 80.8 cm³/mol. The fourth-order valence-electron chi connectivity index (χ4n) is 1.85. The van der Waals surface area contributed by atoms with E-state index in [0.717, 1.165) is 0 Å². The number of halogens is 1. The van der Waals surface area contributed by atoms with Gasteiger partial charge in [-0.1, -0.05) is 30.3 Å². The zero-order valence-electron chi connectivity index (χ0n) is 11.0. The van der Waals surface area contributed by atoms with Crippen LogP contribution >= 0.6 is 11.6 Å². The average molecular weight is 325 g/mol. The zero-order chi connectivity index (χ0) is 15.5. The van der Waals surface area contributed by atoms with Gasteiger partial charge in [0, 0.05) is 11.4 Å². The van der Waals surface area contributed by atoms with Crippen LogP contribution in [0.1, 0.15) is 15.9 Å². The zero-order valence-corrected chi connectivity index (χ0v) is 12.6. The van der Waals surface area contributed by atoms with Gasteiger partial charge in [-0.2, -0.15) is 0 Å². The summed E-state index contributed by atoms with van der Waals surface area (Å²) in [4.78, 5) is 12.3. The molecule has 0 amide bonds. The van der Waals surface area contributed by atoms with Crippen molar-refractivity contribution in [2.24, 2.45) is 0 Å². The molecule has 0 spiro atoms. The number of carbonyl (C=O) groups excluding carboxylic acids is 1. The molecular formula is C15H13ClO4S. The summed E-state index contributed by atoms with van der Waals surface area (Å²) in [5.41, 5.74) is 0.330. The first kappa shape index (κ1) is 15.5. The third-order valence-corrected chi connectivity index (χ3v) is 5.08. The molecule has 0 saturated heterocycles. The van der Waals surface area contributed by atoms with Gasteiger partial charge in [-0.15, -0.1) is 11.6 Å². The minimum Gasteiger partial charge on any atom is -0.507 e. The van der Waals surface area contributed by atoms with Gasteiger partial charge >= 0.3 is 0 Å². The fourth-order valence-corrected chi connectivity index (χ4v) is 3.48. The SMILES string of the molecule is O=C(c1ccccc1)c1cc(S(=O)(=O)CCCl)ccc1O. The second kappa shape index (κ2) is 6.28. The monoisotopic (exact) mass is 324 g/mol. The molecule has 0 fully saturated rings. The summed E-state index contributed by atoms with van der Waals surface area (Å²) in [7, 11) is -3.56. The van der Waals surface area contributed by atoms with Crippen LogP contribution in [0.5, 0.6) is 5.75 Å². The molecule has 0 aliphatic carbocycles. The Morgan fingerprint density at radius 1 is 1.10 bits per heavy atom. The highest BCUT2D eigenvalue weighted by molar-refractivity contribution is 7.91. The predicted octanol–water partition coefficient (Wildman–Crippen LogP) is 2.64. The van der Waals surface area contributed by atoms with Crippen molar-refractivity contribution < 1.29 is 18.3 Å². The van der Waals surface area contributed by atoms with Crippen molar-refractivity contribution in [3.05, 3.63) is 59.7 Å². The van der Waals surface area contributed by atoms with Gasteiger partial charge in [-0.25, -0.2) is 8.42 Å². The smallest absolute Gasteiger partial charge is 0.196 e. The summed E-state index contributed by atoms with van der Waals surface area (Å²) in [6.45, 7) is 0. The van der Waals surface area contributed by atoms with Crippen LogP contribution in [0.2, 0.25) is 0 Å². The molecule has 21 heavy (non-hydrogen) atoms. The second-order valence-electron chi connectivity index (χ2n) is 4.38.